The maximum Gasteiger partial charge on any atom is 0.191 e. The average molecular weight is 572 g/mol. The summed E-state index contributed by atoms with van der Waals surface area (Å²) in [4.78, 5) is 10.3. The summed E-state index contributed by atoms with van der Waals surface area (Å²) in [5.74, 6) is 1.89. The lowest BCUT2D eigenvalue weighted by Gasteiger charge is -2.43. The molecule has 33 heavy (non-hydrogen) atoms. The summed E-state index contributed by atoms with van der Waals surface area (Å²) in [6, 6.07) is 8.69. The Morgan fingerprint density at radius 2 is 1.91 bits per heavy atom. The summed E-state index contributed by atoms with van der Waals surface area (Å²) in [7, 11) is 1.75. The van der Waals surface area contributed by atoms with Gasteiger partial charge in [0, 0.05) is 44.4 Å². The first-order chi connectivity index (χ1) is 15.7. The Balaban J connectivity index is 0.00000306. The van der Waals surface area contributed by atoms with Gasteiger partial charge in [-0.25, -0.2) is 0 Å². The normalized spacial score (nSPS) is 23.6. The molecule has 3 fully saturated rings. The quantitative estimate of drug-likeness (QED) is 0.297. The Morgan fingerprint density at radius 1 is 1.15 bits per heavy atom. The van der Waals surface area contributed by atoms with Crippen LogP contribution in [0.25, 0.3) is 0 Å². The molecule has 8 heteroatoms. The maximum atomic E-state index is 5.71. The number of nitrogens with zero attached hydrogens (tertiary/aromatic N) is 3. The maximum absolute atomic E-state index is 5.71. The number of nitrogens with one attached hydrogen (secondary N) is 2. The third-order valence-corrected chi connectivity index (χ3v) is 7.26. The zero-order valence-electron chi connectivity index (χ0n) is 20.4. The van der Waals surface area contributed by atoms with E-state index in [2.05, 4.69) is 39.5 Å². The van der Waals surface area contributed by atoms with Crippen LogP contribution in [0.5, 0.6) is 5.75 Å². The number of aliphatic imine (C=N–C) groups is 1. The van der Waals surface area contributed by atoms with E-state index in [1.807, 2.05) is 12.1 Å². The highest BCUT2D eigenvalue weighted by molar-refractivity contribution is 14.0. The number of para-hydroxylation sites is 2. The third kappa shape index (κ3) is 6.66. The number of ether oxygens (including phenoxy) is 2. The molecule has 1 aromatic carbocycles. The largest absolute Gasteiger partial charge is 0.495 e. The van der Waals surface area contributed by atoms with Crippen LogP contribution in [-0.4, -0.2) is 82.0 Å². The highest BCUT2D eigenvalue weighted by Gasteiger charge is 2.39. The van der Waals surface area contributed by atoms with Crippen molar-refractivity contribution in [3.63, 3.8) is 0 Å². The number of anilines is 1. The van der Waals surface area contributed by atoms with Crippen LogP contribution in [0.4, 0.5) is 5.69 Å². The summed E-state index contributed by atoms with van der Waals surface area (Å²) < 4.78 is 11.3. The summed E-state index contributed by atoms with van der Waals surface area (Å²) in [5, 5.41) is 7.25. The van der Waals surface area contributed by atoms with E-state index in [4.69, 9.17) is 14.5 Å². The average Bonchev–Trinajstić information content (AvgIpc) is 3.39. The van der Waals surface area contributed by atoms with Crippen LogP contribution in [0.15, 0.2) is 29.3 Å². The summed E-state index contributed by atoms with van der Waals surface area (Å²) in [6.45, 7) is 9.98. The molecule has 0 radical (unpaired) electrons. The van der Waals surface area contributed by atoms with Crippen molar-refractivity contribution in [3.05, 3.63) is 24.3 Å². The topological polar surface area (TPSA) is 61.4 Å². The third-order valence-electron chi connectivity index (χ3n) is 7.26. The zero-order chi connectivity index (χ0) is 22.2. The van der Waals surface area contributed by atoms with Gasteiger partial charge in [-0.2, -0.15) is 0 Å². The van der Waals surface area contributed by atoms with Gasteiger partial charge in [0.25, 0.3) is 0 Å². The van der Waals surface area contributed by atoms with Gasteiger partial charge in [0.2, 0.25) is 0 Å². The lowest BCUT2D eigenvalue weighted by Crippen LogP contribution is -2.55. The fourth-order valence-electron chi connectivity index (χ4n) is 5.46. The minimum atomic E-state index is 0. The molecular formula is C25H42IN5O2. The van der Waals surface area contributed by atoms with Crippen LogP contribution < -0.4 is 20.3 Å². The molecule has 3 aliphatic heterocycles. The number of likely N-dealkylation sites (tertiary alicyclic amines) is 1. The molecule has 3 heterocycles. The first-order valence-corrected chi connectivity index (χ1v) is 12.5. The van der Waals surface area contributed by atoms with Crippen LogP contribution in [0.2, 0.25) is 0 Å². The van der Waals surface area contributed by atoms with Crippen molar-refractivity contribution in [2.75, 3.05) is 64.5 Å². The molecule has 1 aromatic rings. The van der Waals surface area contributed by atoms with Gasteiger partial charge in [-0.1, -0.05) is 12.1 Å². The molecule has 3 saturated heterocycles. The van der Waals surface area contributed by atoms with Crippen molar-refractivity contribution in [2.45, 2.75) is 57.0 Å². The lowest BCUT2D eigenvalue weighted by atomic mass is 9.88. The van der Waals surface area contributed by atoms with Crippen molar-refractivity contribution in [3.8, 4) is 5.75 Å². The Bertz CT molecular complexity index is 750. The number of benzene rings is 1. The van der Waals surface area contributed by atoms with Gasteiger partial charge < -0.3 is 25.0 Å². The van der Waals surface area contributed by atoms with E-state index in [1.54, 1.807) is 7.11 Å². The minimum absolute atomic E-state index is 0. The van der Waals surface area contributed by atoms with Gasteiger partial charge in [-0.15, -0.1) is 24.0 Å². The minimum Gasteiger partial charge on any atom is -0.495 e. The molecule has 7 nitrogen and oxygen atoms in total. The second kappa shape index (κ2) is 13.0. The Labute approximate surface area is 216 Å². The molecule has 1 unspecified atom stereocenters. The summed E-state index contributed by atoms with van der Waals surface area (Å²) in [6.07, 6.45) is 7.10. The van der Waals surface area contributed by atoms with E-state index in [9.17, 15) is 0 Å². The molecule has 186 valence electrons. The van der Waals surface area contributed by atoms with Gasteiger partial charge in [0.15, 0.2) is 5.96 Å². The van der Waals surface area contributed by atoms with Crippen molar-refractivity contribution in [1.29, 1.82) is 0 Å². The van der Waals surface area contributed by atoms with Crippen molar-refractivity contribution >= 4 is 35.6 Å². The van der Waals surface area contributed by atoms with E-state index in [1.165, 1.54) is 31.6 Å². The van der Waals surface area contributed by atoms with Crippen molar-refractivity contribution in [2.24, 2.45) is 4.99 Å². The highest BCUT2D eigenvalue weighted by Crippen LogP contribution is 2.32. The molecular weight excluding hydrogens is 529 g/mol. The van der Waals surface area contributed by atoms with Crippen LogP contribution in [0, 0.1) is 0 Å². The second-order valence-corrected chi connectivity index (χ2v) is 9.33. The molecule has 0 aromatic heterocycles. The standard InChI is InChI=1S/C25H41N5O2.HI/c1-3-26-24(27-20-25(12-17-32-18-13-25)30-15-6-7-16-30)28-21-9-8-14-29(19-21)22-10-4-5-11-23(22)31-2;/h4-5,10-11,21H,3,6-9,12-20H2,1-2H3,(H2,26,27,28);1H. The monoisotopic (exact) mass is 571 g/mol. The summed E-state index contributed by atoms with van der Waals surface area (Å²) >= 11 is 0. The molecule has 3 aliphatic rings. The molecule has 0 amide bonds. The molecule has 1 atom stereocenters. The number of piperidine rings is 1. The van der Waals surface area contributed by atoms with Crippen molar-refractivity contribution < 1.29 is 9.47 Å². The number of halogens is 1. The Kier molecular flexibility index (Phi) is 10.4. The van der Waals surface area contributed by atoms with Gasteiger partial charge in [0.05, 0.1) is 19.3 Å². The number of hydrogen-bond acceptors (Lipinski definition) is 5. The first-order valence-electron chi connectivity index (χ1n) is 12.5. The Morgan fingerprint density at radius 3 is 2.64 bits per heavy atom. The molecule has 0 bridgehead atoms. The van der Waals surface area contributed by atoms with E-state index in [0.29, 0.717) is 6.04 Å². The smallest absolute Gasteiger partial charge is 0.191 e. The van der Waals surface area contributed by atoms with Gasteiger partial charge in [0.1, 0.15) is 5.75 Å². The van der Waals surface area contributed by atoms with E-state index in [-0.39, 0.29) is 29.5 Å². The van der Waals surface area contributed by atoms with Crippen LogP contribution >= 0.6 is 24.0 Å². The first kappa shape index (κ1) is 26.3. The SMILES string of the molecule is CCNC(=NCC1(N2CCCC2)CCOCC1)NC1CCCN(c2ccccc2OC)C1.I. The molecule has 0 spiro atoms. The van der Waals surface area contributed by atoms with Crippen LogP contribution in [0.3, 0.4) is 0 Å². The molecule has 2 N–H and O–H groups in total. The summed E-state index contributed by atoms with van der Waals surface area (Å²) in [5.41, 5.74) is 1.34. The van der Waals surface area contributed by atoms with E-state index < -0.39 is 0 Å². The number of guanidine groups is 1. The van der Waals surface area contributed by atoms with Gasteiger partial charge in [-0.05, 0) is 70.7 Å². The van der Waals surface area contributed by atoms with Crippen LogP contribution in [0.1, 0.15) is 45.4 Å². The number of methoxy groups -OCH3 is 1. The predicted molar refractivity (Wildman–Crippen MR) is 146 cm³/mol. The van der Waals surface area contributed by atoms with Gasteiger partial charge in [-0.3, -0.25) is 9.89 Å². The molecule has 0 aliphatic carbocycles. The van der Waals surface area contributed by atoms with E-state index >= 15 is 0 Å². The van der Waals surface area contributed by atoms with E-state index in [0.717, 1.165) is 76.8 Å². The Hall–Kier alpha value is -1.26. The van der Waals surface area contributed by atoms with Crippen LogP contribution in [-0.2, 0) is 4.74 Å². The number of rotatable bonds is 7. The zero-order valence-corrected chi connectivity index (χ0v) is 22.7. The molecule has 0 saturated carbocycles. The molecule has 4 rings (SSSR count). The second-order valence-electron chi connectivity index (χ2n) is 9.33. The lowest BCUT2D eigenvalue weighted by molar-refractivity contribution is -0.0139. The fraction of sp³-hybridized carbons (Fsp3) is 0.720. The van der Waals surface area contributed by atoms with Crippen molar-refractivity contribution in [1.82, 2.24) is 15.5 Å². The highest BCUT2D eigenvalue weighted by atomic mass is 127. The van der Waals surface area contributed by atoms with Gasteiger partial charge >= 0.3 is 0 Å². The fourth-order valence-corrected chi connectivity index (χ4v) is 5.46. The number of hydrogen-bond donors (Lipinski definition) is 2. The predicted octanol–water partition coefficient (Wildman–Crippen LogP) is 3.48.